The molecule has 1 aliphatic rings. The predicted molar refractivity (Wildman–Crippen MR) is 73.8 cm³/mol. The van der Waals surface area contributed by atoms with E-state index in [2.05, 4.69) is 22.2 Å². The maximum absolute atomic E-state index is 9.15. The van der Waals surface area contributed by atoms with Gasteiger partial charge in [0.05, 0.1) is 13.2 Å². The molecule has 1 saturated heterocycles. The van der Waals surface area contributed by atoms with Crippen molar-refractivity contribution in [3.8, 4) is 0 Å². The SMILES string of the molecule is C=CCNC(=NCC1(CCO)CCOC1)NCC. The predicted octanol–water partition coefficient (Wildman–Crippen LogP) is 0.517. The molecule has 1 atom stereocenters. The minimum absolute atomic E-state index is 0.00524. The molecule has 0 radical (unpaired) electrons. The lowest BCUT2D eigenvalue weighted by Crippen LogP contribution is -2.38. The van der Waals surface area contributed by atoms with Gasteiger partial charge in [-0.15, -0.1) is 6.58 Å². The number of nitrogens with zero attached hydrogens (tertiary/aromatic N) is 1. The van der Waals surface area contributed by atoms with Crippen LogP contribution >= 0.6 is 0 Å². The first-order valence-electron chi connectivity index (χ1n) is 6.58. The minimum Gasteiger partial charge on any atom is -0.396 e. The Morgan fingerprint density at radius 3 is 2.94 bits per heavy atom. The molecule has 5 nitrogen and oxygen atoms in total. The topological polar surface area (TPSA) is 65.9 Å². The number of aliphatic imine (C=N–C) groups is 1. The largest absolute Gasteiger partial charge is 0.396 e. The van der Waals surface area contributed by atoms with Crippen molar-refractivity contribution in [2.45, 2.75) is 19.8 Å². The Kier molecular flexibility index (Phi) is 6.75. The molecule has 3 N–H and O–H groups in total. The highest BCUT2D eigenvalue weighted by Gasteiger charge is 2.34. The first-order valence-corrected chi connectivity index (χ1v) is 6.58. The fourth-order valence-electron chi connectivity index (χ4n) is 2.04. The monoisotopic (exact) mass is 255 g/mol. The standard InChI is InChI=1S/C13H25N3O2/c1-3-7-15-12(14-4-2)16-10-13(5-8-17)6-9-18-11-13/h3,17H,1,4-11H2,2H3,(H2,14,15,16). The molecule has 1 rings (SSSR count). The average Bonchev–Trinajstić information content (AvgIpc) is 2.82. The van der Waals surface area contributed by atoms with Crippen LogP contribution in [0.2, 0.25) is 0 Å². The average molecular weight is 255 g/mol. The molecular weight excluding hydrogens is 230 g/mol. The first-order chi connectivity index (χ1) is 8.76. The molecule has 0 aromatic rings. The van der Waals surface area contributed by atoms with Crippen LogP contribution in [0.3, 0.4) is 0 Å². The number of ether oxygens (including phenoxy) is 1. The highest BCUT2D eigenvalue weighted by Crippen LogP contribution is 2.32. The summed E-state index contributed by atoms with van der Waals surface area (Å²) < 4.78 is 5.45. The van der Waals surface area contributed by atoms with Crippen LogP contribution in [0.15, 0.2) is 17.6 Å². The molecule has 104 valence electrons. The second-order valence-electron chi connectivity index (χ2n) is 4.64. The Morgan fingerprint density at radius 1 is 1.56 bits per heavy atom. The van der Waals surface area contributed by atoms with Gasteiger partial charge in [0.2, 0.25) is 0 Å². The summed E-state index contributed by atoms with van der Waals surface area (Å²) in [5.74, 6) is 0.793. The van der Waals surface area contributed by atoms with Crippen molar-refractivity contribution in [1.82, 2.24) is 10.6 Å². The van der Waals surface area contributed by atoms with Gasteiger partial charge in [0.25, 0.3) is 0 Å². The lowest BCUT2D eigenvalue weighted by Gasteiger charge is -2.24. The van der Waals surface area contributed by atoms with Crippen LogP contribution < -0.4 is 10.6 Å². The Balaban J connectivity index is 2.57. The van der Waals surface area contributed by atoms with E-state index < -0.39 is 0 Å². The molecule has 0 aromatic heterocycles. The maximum atomic E-state index is 9.15. The molecule has 1 heterocycles. The van der Waals surface area contributed by atoms with E-state index in [-0.39, 0.29) is 12.0 Å². The summed E-state index contributed by atoms with van der Waals surface area (Å²) in [5.41, 5.74) is 0.00524. The minimum atomic E-state index is 0.00524. The Morgan fingerprint density at radius 2 is 2.39 bits per heavy atom. The normalized spacial score (nSPS) is 24.0. The van der Waals surface area contributed by atoms with E-state index in [1.807, 2.05) is 6.92 Å². The van der Waals surface area contributed by atoms with Crippen LogP contribution in [-0.2, 0) is 4.74 Å². The Bertz CT molecular complexity index is 273. The summed E-state index contributed by atoms with van der Waals surface area (Å²) >= 11 is 0. The third kappa shape index (κ3) is 4.66. The number of aliphatic hydroxyl groups excluding tert-OH is 1. The summed E-state index contributed by atoms with van der Waals surface area (Å²) in [6, 6.07) is 0. The van der Waals surface area contributed by atoms with E-state index >= 15 is 0 Å². The van der Waals surface area contributed by atoms with Gasteiger partial charge in [0, 0.05) is 31.7 Å². The molecule has 1 aliphatic heterocycles. The van der Waals surface area contributed by atoms with E-state index in [0.717, 1.165) is 32.0 Å². The summed E-state index contributed by atoms with van der Waals surface area (Å²) in [5, 5.41) is 15.5. The lowest BCUT2D eigenvalue weighted by atomic mass is 9.84. The molecular formula is C13H25N3O2. The molecule has 1 unspecified atom stereocenters. The zero-order chi connectivity index (χ0) is 13.3. The molecule has 0 aliphatic carbocycles. The second kappa shape index (κ2) is 8.11. The highest BCUT2D eigenvalue weighted by molar-refractivity contribution is 5.79. The van der Waals surface area contributed by atoms with Gasteiger partial charge in [-0.05, 0) is 19.8 Å². The molecule has 18 heavy (non-hydrogen) atoms. The van der Waals surface area contributed by atoms with Crippen molar-refractivity contribution in [2.75, 3.05) is 39.5 Å². The van der Waals surface area contributed by atoms with Crippen molar-refractivity contribution in [1.29, 1.82) is 0 Å². The van der Waals surface area contributed by atoms with Crippen LogP contribution in [0, 0.1) is 5.41 Å². The number of hydrogen-bond acceptors (Lipinski definition) is 3. The van der Waals surface area contributed by atoms with E-state index in [4.69, 9.17) is 9.84 Å². The van der Waals surface area contributed by atoms with Gasteiger partial charge in [-0.1, -0.05) is 6.08 Å². The van der Waals surface area contributed by atoms with Gasteiger partial charge >= 0.3 is 0 Å². The van der Waals surface area contributed by atoms with Crippen molar-refractivity contribution < 1.29 is 9.84 Å². The number of nitrogens with one attached hydrogen (secondary N) is 2. The molecule has 1 fully saturated rings. The fourth-order valence-corrected chi connectivity index (χ4v) is 2.04. The molecule has 0 spiro atoms. The molecule has 0 bridgehead atoms. The molecule has 0 amide bonds. The quantitative estimate of drug-likeness (QED) is 0.352. The van der Waals surface area contributed by atoms with Crippen molar-refractivity contribution >= 4 is 5.96 Å². The van der Waals surface area contributed by atoms with E-state index in [0.29, 0.717) is 19.7 Å². The van der Waals surface area contributed by atoms with Crippen LogP contribution in [0.25, 0.3) is 0 Å². The Labute approximate surface area is 109 Å². The van der Waals surface area contributed by atoms with Crippen molar-refractivity contribution in [3.63, 3.8) is 0 Å². The number of rotatable bonds is 7. The Hall–Kier alpha value is -1.07. The lowest BCUT2D eigenvalue weighted by molar-refractivity contribution is 0.131. The van der Waals surface area contributed by atoms with E-state index in [1.54, 1.807) is 6.08 Å². The number of hydrogen-bond donors (Lipinski definition) is 3. The van der Waals surface area contributed by atoms with Crippen molar-refractivity contribution in [2.24, 2.45) is 10.4 Å². The maximum Gasteiger partial charge on any atom is 0.191 e. The molecule has 0 aromatic carbocycles. The molecule has 5 heteroatoms. The summed E-state index contributed by atoms with van der Waals surface area (Å²) in [6.45, 7) is 9.56. The third-order valence-electron chi connectivity index (χ3n) is 3.16. The summed E-state index contributed by atoms with van der Waals surface area (Å²) in [7, 11) is 0. The van der Waals surface area contributed by atoms with Crippen molar-refractivity contribution in [3.05, 3.63) is 12.7 Å². The van der Waals surface area contributed by atoms with Crippen LogP contribution in [0.5, 0.6) is 0 Å². The van der Waals surface area contributed by atoms with Gasteiger partial charge in [-0.2, -0.15) is 0 Å². The smallest absolute Gasteiger partial charge is 0.191 e. The van der Waals surface area contributed by atoms with Crippen LogP contribution in [-0.4, -0.2) is 50.5 Å². The zero-order valence-electron chi connectivity index (χ0n) is 11.2. The second-order valence-corrected chi connectivity index (χ2v) is 4.64. The van der Waals surface area contributed by atoms with Gasteiger partial charge < -0.3 is 20.5 Å². The van der Waals surface area contributed by atoms with Gasteiger partial charge in [0.1, 0.15) is 0 Å². The third-order valence-corrected chi connectivity index (χ3v) is 3.16. The summed E-state index contributed by atoms with van der Waals surface area (Å²) in [6.07, 6.45) is 3.52. The highest BCUT2D eigenvalue weighted by atomic mass is 16.5. The van der Waals surface area contributed by atoms with Gasteiger partial charge in [0.15, 0.2) is 5.96 Å². The van der Waals surface area contributed by atoms with Crippen LogP contribution in [0.4, 0.5) is 0 Å². The first kappa shape index (κ1) is 15.0. The fraction of sp³-hybridized carbons (Fsp3) is 0.769. The number of aliphatic hydroxyl groups is 1. The summed E-state index contributed by atoms with van der Waals surface area (Å²) in [4.78, 5) is 4.58. The molecule has 0 saturated carbocycles. The van der Waals surface area contributed by atoms with Gasteiger partial charge in [-0.25, -0.2) is 0 Å². The number of guanidine groups is 1. The van der Waals surface area contributed by atoms with Crippen LogP contribution in [0.1, 0.15) is 19.8 Å². The van der Waals surface area contributed by atoms with E-state index in [9.17, 15) is 0 Å². The van der Waals surface area contributed by atoms with E-state index in [1.165, 1.54) is 0 Å². The zero-order valence-corrected chi connectivity index (χ0v) is 11.2. The van der Waals surface area contributed by atoms with Gasteiger partial charge in [-0.3, -0.25) is 4.99 Å².